The summed E-state index contributed by atoms with van der Waals surface area (Å²) >= 11 is 0. The van der Waals surface area contributed by atoms with Crippen LogP contribution in [0.25, 0.3) is 0 Å². The van der Waals surface area contributed by atoms with Crippen LogP contribution < -0.4 is 5.32 Å². The van der Waals surface area contributed by atoms with Gasteiger partial charge in [-0.25, -0.2) is 4.98 Å². The molecule has 0 unspecified atom stereocenters. The van der Waals surface area contributed by atoms with Crippen LogP contribution in [0.5, 0.6) is 0 Å². The Morgan fingerprint density at radius 1 is 1.45 bits per heavy atom. The molecular weight excluding hydrogens is 248 g/mol. The van der Waals surface area contributed by atoms with Crippen molar-refractivity contribution < 1.29 is 0 Å². The normalized spacial score (nSPS) is 22.8. The highest BCUT2D eigenvalue weighted by Gasteiger charge is 2.29. The van der Waals surface area contributed by atoms with Crippen LogP contribution in [-0.4, -0.2) is 20.8 Å². The number of aryl methyl sites for hydroxylation is 1. The summed E-state index contributed by atoms with van der Waals surface area (Å²) < 4.78 is 1.88. The van der Waals surface area contributed by atoms with Crippen LogP contribution >= 0.6 is 0 Å². The van der Waals surface area contributed by atoms with Crippen molar-refractivity contribution in [1.82, 2.24) is 20.1 Å². The second-order valence-electron chi connectivity index (χ2n) is 5.95. The summed E-state index contributed by atoms with van der Waals surface area (Å²) in [5.74, 6) is 0.641. The first kappa shape index (κ1) is 13.3. The zero-order chi connectivity index (χ0) is 14.1. The summed E-state index contributed by atoms with van der Waals surface area (Å²) in [5.41, 5.74) is 4.43. The standard InChI is InChI=1S/C16H22N4/c1-11-5-4-6-14-15(7-12(2)16(11)14)19-13(3)8-20-10-17-9-18-20/h4-6,9-10,12-13,15,19H,7-8H2,1-3H3/t12-,13+,15-/m1/s1. The van der Waals surface area contributed by atoms with Gasteiger partial charge in [0.15, 0.2) is 0 Å². The molecule has 4 nitrogen and oxygen atoms in total. The Morgan fingerprint density at radius 3 is 3.05 bits per heavy atom. The molecule has 0 spiro atoms. The van der Waals surface area contributed by atoms with Crippen molar-refractivity contribution in [2.24, 2.45) is 0 Å². The van der Waals surface area contributed by atoms with E-state index in [2.05, 4.69) is 54.4 Å². The molecule has 3 rings (SSSR count). The molecule has 0 aliphatic heterocycles. The third-order valence-electron chi connectivity index (χ3n) is 4.23. The van der Waals surface area contributed by atoms with Gasteiger partial charge in [0.05, 0.1) is 6.54 Å². The molecule has 106 valence electrons. The number of fused-ring (bicyclic) bond motifs is 1. The van der Waals surface area contributed by atoms with Crippen molar-refractivity contribution in [1.29, 1.82) is 0 Å². The van der Waals surface area contributed by atoms with Crippen LogP contribution in [0, 0.1) is 6.92 Å². The highest BCUT2D eigenvalue weighted by atomic mass is 15.3. The van der Waals surface area contributed by atoms with Gasteiger partial charge in [0.2, 0.25) is 0 Å². The molecule has 2 aromatic rings. The van der Waals surface area contributed by atoms with Crippen molar-refractivity contribution in [2.45, 2.75) is 51.7 Å². The zero-order valence-corrected chi connectivity index (χ0v) is 12.4. The van der Waals surface area contributed by atoms with Crippen LogP contribution in [0.4, 0.5) is 0 Å². The fourth-order valence-electron chi connectivity index (χ4n) is 3.44. The van der Waals surface area contributed by atoms with Gasteiger partial charge in [-0.1, -0.05) is 25.1 Å². The fraction of sp³-hybridized carbons (Fsp3) is 0.500. The van der Waals surface area contributed by atoms with Crippen molar-refractivity contribution >= 4 is 0 Å². The topological polar surface area (TPSA) is 42.7 Å². The largest absolute Gasteiger partial charge is 0.306 e. The maximum absolute atomic E-state index is 4.17. The first-order chi connectivity index (χ1) is 9.65. The Kier molecular flexibility index (Phi) is 3.57. The molecule has 20 heavy (non-hydrogen) atoms. The molecule has 1 aliphatic carbocycles. The van der Waals surface area contributed by atoms with Crippen LogP contribution in [0.15, 0.2) is 30.9 Å². The predicted molar refractivity (Wildman–Crippen MR) is 79.6 cm³/mol. The predicted octanol–water partition coefficient (Wildman–Crippen LogP) is 2.81. The Morgan fingerprint density at radius 2 is 2.30 bits per heavy atom. The molecule has 0 saturated carbocycles. The number of hydrogen-bond acceptors (Lipinski definition) is 3. The molecule has 1 heterocycles. The Balaban J connectivity index is 1.72. The van der Waals surface area contributed by atoms with Crippen molar-refractivity contribution in [3.8, 4) is 0 Å². The lowest BCUT2D eigenvalue weighted by atomic mass is 9.98. The maximum Gasteiger partial charge on any atom is 0.137 e. The van der Waals surface area contributed by atoms with E-state index in [-0.39, 0.29) is 0 Å². The maximum atomic E-state index is 4.17. The quantitative estimate of drug-likeness (QED) is 0.929. The van der Waals surface area contributed by atoms with Gasteiger partial charge < -0.3 is 5.32 Å². The van der Waals surface area contributed by atoms with Gasteiger partial charge in [-0.2, -0.15) is 5.10 Å². The Bertz CT molecular complexity index is 576. The minimum absolute atomic E-state index is 0.375. The lowest BCUT2D eigenvalue weighted by Crippen LogP contribution is -2.33. The average Bonchev–Trinajstić information content (AvgIpc) is 2.99. The molecular formula is C16H22N4. The van der Waals surface area contributed by atoms with Gasteiger partial charge in [0.25, 0.3) is 0 Å². The third-order valence-corrected chi connectivity index (χ3v) is 4.23. The Labute approximate surface area is 120 Å². The molecule has 1 N–H and O–H groups in total. The van der Waals surface area contributed by atoms with Gasteiger partial charge in [-0.3, -0.25) is 4.68 Å². The van der Waals surface area contributed by atoms with E-state index in [0.717, 1.165) is 6.54 Å². The molecule has 1 aromatic carbocycles. The number of hydrogen-bond donors (Lipinski definition) is 1. The number of rotatable bonds is 4. The summed E-state index contributed by atoms with van der Waals surface area (Å²) in [5, 5.41) is 7.91. The number of nitrogens with zero attached hydrogens (tertiary/aromatic N) is 3. The first-order valence-electron chi connectivity index (χ1n) is 7.33. The highest BCUT2D eigenvalue weighted by molar-refractivity contribution is 5.43. The summed E-state index contributed by atoms with van der Waals surface area (Å²) in [6, 6.07) is 7.49. The molecule has 3 atom stereocenters. The van der Waals surface area contributed by atoms with Crippen LogP contribution in [0.1, 0.15) is 48.9 Å². The van der Waals surface area contributed by atoms with Gasteiger partial charge in [0, 0.05) is 12.1 Å². The van der Waals surface area contributed by atoms with Crippen molar-refractivity contribution in [3.05, 3.63) is 47.5 Å². The Hall–Kier alpha value is -1.68. The minimum atomic E-state index is 0.375. The zero-order valence-electron chi connectivity index (χ0n) is 12.4. The van der Waals surface area contributed by atoms with Crippen molar-refractivity contribution in [3.63, 3.8) is 0 Å². The van der Waals surface area contributed by atoms with Gasteiger partial charge in [-0.05, 0) is 42.9 Å². The lowest BCUT2D eigenvalue weighted by molar-refractivity contribution is 0.390. The molecule has 4 heteroatoms. The summed E-state index contributed by atoms with van der Waals surface area (Å²) in [6.07, 6.45) is 4.54. The second-order valence-corrected chi connectivity index (χ2v) is 5.95. The van der Waals surface area contributed by atoms with E-state index in [0.29, 0.717) is 18.0 Å². The highest BCUT2D eigenvalue weighted by Crippen LogP contribution is 2.41. The molecule has 0 bridgehead atoms. The van der Waals surface area contributed by atoms with E-state index in [4.69, 9.17) is 0 Å². The first-order valence-corrected chi connectivity index (χ1v) is 7.33. The third kappa shape index (κ3) is 2.48. The molecule has 0 fully saturated rings. The van der Waals surface area contributed by atoms with Crippen LogP contribution in [0.2, 0.25) is 0 Å². The van der Waals surface area contributed by atoms with E-state index >= 15 is 0 Å². The van der Waals surface area contributed by atoms with Gasteiger partial charge >= 0.3 is 0 Å². The van der Waals surface area contributed by atoms with Gasteiger partial charge in [0.1, 0.15) is 12.7 Å². The number of nitrogens with one attached hydrogen (secondary N) is 1. The molecule has 0 radical (unpaired) electrons. The van der Waals surface area contributed by atoms with E-state index in [1.807, 2.05) is 4.68 Å². The van der Waals surface area contributed by atoms with E-state index < -0.39 is 0 Å². The molecule has 0 amide bonds. The monoisotopic (exact) mass is 270 g/mol. The summed E-state index contributed by atoms with van der Waals surface area (Å²) in [6.45, 7) is 7.61. The lowest BCUT2D eigenvalue weighted by Gasteiger charge is -2.20. The summed E-state index contributed by atoms with van der Waals surface area (Å²) in [4.78, 5) is 3.99. The van der Waals surface area contributed by atoms with E-state index in [9.17, 15) is 0 Å². The van der Waals surface area contributed by atoms with Crippen LogP contribution in [0.3, 0.4) is 0 Å². The second kappa shape index (κ2) is 5.37. The number of benzene rings is 1. The SMILES string of the molecule is Cc1cccc2c1[C@H](C)C[C@H]2N[C@@H](C)Cn1cncn1. The van der Waals surface area contributed by atoms with Crippen LogP contribution in [-0.2, 0) is 6.54 Å². The average molecular weight is 270 g/mol. The molecule has 1 aromatic heterocycles. The minimum Gasteiger partial charge on any atom is -0.306 e. The van der Waals surface area contributed by atoms with E-state index in [1.54, 1.807) is 12.7 Å². The van der Waals surface area contributed by atoms with Crippen molar-refractivity contribution in [2.75, 3.05) is 0 Å². The summed E-state index contributed by atoms with van der Waals surface area (Å²) in [7, 11) is 0. The van der Waals surface area contributed by atoms with Gasteiger partial charge in [-0.15, -0.1) is 0 Å². The smallest absolute Gasteiger partial charge is 0.137 e. The number of aromatic nitrogens is 3. The fourth-order valence-corrected chi connectivity index (χ4v) is 3.44. The van der Waals surface area contributed by atoms with E-state index in [1.165, 1.54) is 23.1 Å². The molecule has 0 saturated heterocycles. The molecule has 1 aliphatic rings.